The summed E-state index contributed by atoms with van der Waals surface area (Å²) in [4.78, 5) is 13.3. The van der Waals surface area contributed by atoms with Gasteiger partial charge in [-0.3, -0.25) is 4.79 Å². The second-order valence-corrected chi connectivity index (χ2v) is 4.61. The normalized spacial score (nSPS) is 21.4. The van der Waals surface area contributed by atoms with Crippen molar-refractivity contribution in [2.45, 2.75) is 25.9 Å². The van der Waals surface area contributed by atoms with Crippen LogP contribution >= 0.6 is 11.8 Å². The Kier molecular flexibility index (Phi) is 4.59. The topological polar surface area (TPSA) is 40.5 Å². The SMILES string of the molecule is CC(O)CCN1CCSCCC1=O. The standard InChI is InChI=1S/C9H17NO2S/c1-8(11)2-4-10-5-7-13-6-3-9(10)12/h8,11H,2-7H2,1H3. The summed E-state index contributed by atoms with van der Waals surface area (Å²) >= 11 is 1.83. The zero-order chi connectivity index (χ0) is 9.68. The molecular weight excluding hydrogens is 186 g/mol. The first-order valence-corrected chi connectivity index (χ1v) is 5.89. The zero-order valence-electron chi connectivity index (χ0n) is 8.03. The Morgan fingerprint density at radius 1 is 1.62 bits per heavy atom. The summed E-state index contributed by atoms with van der Waals surface area (Å²) in [5, 5.41) is 9.10. The van der Waals surface area contributed by atoms with Crippen LogP contribution in [0.25, 0.3) is 0 Å². The van der Waals surface area contributed by atoms with E-state index < -0.39 is 0 Å². The lowest BCUT2D eigenvalue weighted by Crippen LogP contribution is -2.33. The van der Waals surface area contributed by atoms with Crippen LogP contribution in [-0.4, -0.2) is 46.6 Å². The lowest BCUT2D eigenvalue weighted by Gasteiger charge is -2.20. The molecule has 1 fully saturated rings. The van der Waals surface area contributed by atoms with Gasteiger partial charge < -0.3 is 10.0 Å². The number of rotatable bonds is 3. The second-order valence-electron chi connectivity index (χ2n) is 3.38. The van der Waals surface area contributed by atoms with Crippen LogP contribution in [0.3, 0.4) is 0 Å². The molecule has 1 atom stereocenters. The Bertz CT molecular complexity index is 173. The average Bonchev–Trinajstić information content (AvgIpc) is 2.27. The van der Waals surface area contributed by atoms with Crippen molar-refractivity contribution in [2.75, 3.05) is 24.6 Å². The third-order valence-electron chi connectivity index (χ3n) is 2.14. The van der Waals surface area contributed by atoms with Crippen molar-refractivity contribution in [1.29, 1.82) is 0 Å². The Labute approximate surface area is 83.5 Å². The molecule has 1 rings (SSSR count). The van der Waals surface area contributed by atoms with Crippen LogP contribution in [0.1, 0.15) is 19.8 Å². The molecule has 1 aliphatic rings. The predicted molar refractivity (Wildman–Crippen MR) is 54.8 cm³/mol. The summed E-state index contributed by atoms with van der Waals surface area (Å²) in [6, 6.07) is 0. The fourth-order valence-corrected chi connectivity index (χ4v) is 2.17. The first-order valence-electron chi connectivity index (χ1n) is 4.73. The van der Waals surface area contributed by atoms with Crippen LogP contribution in [0.4, 0.5) is 0 Å². The molecule has 0 aromatic heterocycles. The van der Waals surface area contributed by atoms with Gasteiger partial charge in [-0.15, -0.1) is 0 Å². The summed E-state index contributed by atoms with van der Waals surface area (Å²) in [7, 11) is 0. The molecule has 0 spiro atoms. The number of aliphatic hydroxyl groups is 1. The van der Waals surface area contributed by atoms with Crippen LogP contribution in [0.5, 0.6) is 0 Å². The number of hydrogen-bond acceptors (Lipinski definition) is 3. The van der Waals surface area contributed by atoms with Crippen molar-refractivity contribution in [2.24, 2.45) is 0 Å². The Hall–Kier alpha value is -0.220. The molecule has 76 valence electrons. The van der Waals surface area contributed by atoms with Gasteiger partial charge in [-0.25, -0.2) is 0 Å². The van der Waals surface area contributed by atoms with Gasteiger partial charge in [-0.2, -0.15) is 11.8 Å². The molecule has 1 aliphatic heterocycles. The Morgan fingerprint density at radius 2 is 2.38 bits per heavy atom. The number of carbonyl (C=O) groups is 1. The smallest absolute Gasteiger partial charge is 0.223 e. The third-order valence-corrected chi connectivity index (χ3v) is 3.10. The fourth-order valence-electron chi connectivity index (χ4n) is 1.30. The first kappa shape index (κ1) is 10.9. The highest BCUT2D eigenvalue weighted by atomic mass is 32.2. The van der Waals surface area contributed by atoms with E-state index in [-0.39, 0.29) is 12.0 Å². The van der Waals surface area contributed by atoms with Crippen molar-refractivity contribution >= 4 is 17.7 Å². The molecule has 3 nitrogen and oxygen atoms in total. The summed E-state index contributed by atoms with van der Waals surface area (Å²) in [6.07, 6.45) is 1.05. The minimum Gasteiger partial charge on any atom is -0.393 e. The number of hydrogen-bond donors (Lipinski definition) is 1. The minimum absolute atomic E-state index is 0.241. The number of aliphatic hydroxyl groups excluding tert-OH is 1. The second kappa shape index (κ2) is 5.50. The quantitative estimate of drug-likeness (QED) is 0.735. The van der Waals surface area contributed by atoms with E-state index in [0.717, 1.165) is 18.1 Å². The van der Waals surface area contributed by atoms with Crippen molar-refractivity contribution in [3.05, 3.63) is 0 Å². The molecule has 0 bridgehead atoms. The van der Waals surface area contributed by atoms with Crippen LogP contribution < -0.4 is 0 Å². The van der Waals surface area contributed by atoms with Crippen LogP contribution in [0.2, 0.25) is 0 Å². The molecule has 0 saturated carbocycles. The molecule has 0 radical (unpaired) electrons. The van der Waals surface area contributed by atoms with E-state index in [9.17, 15) is 4.79 Å². The summed E-state index contributed by atoms with van der Waals surface area (Å²) in [5.74, 6) is 2.22. The number of thioether (sulfide) groups is 1. The largest absolute Gasteiger partial charge is 0.393 e. The lowest BCUT2D eigenvalue weighted by molar-refractivity contribution is -0.130. The van der Waals surface area contributed by atoms with E-state index in [1.165, 1.54) is 0 Å². The molecule has 1 saturated heterocycles. The van der Waals surface area contributed by atoms with Gasteiger partial charge in [0.2, 0.25) is 5.91 Å². The van der Waals surface area contributed by atoms with Crippen molar-refractivity contribution in [1.82, 2.24) is 4.90 Å². The van der Waals surface area contributed by atoms with Crippen molar-refractivity contribution < 1.29 is 9.90 Å². The number of amides is 1. The lowest BCUT2D eigenvalue weighted by atomic mass is 10.2. The molecule has 1 unspecified atom stereocenters. The van der Waals surface area contributed by atoms with E-state index in [1.807, 2.05) is 16.7 Å². The third kappa shape index (κ3) is 4.00. The molecule has 4 heteroatoms. The average molecular weight is 203 g/mol. The van der Waals surface area contributed by atoms with E-state index in [4.69, 9.17) is 5.11 Å². The number of nitrogens with zero attached hydrogens (tertiary/aromatic N) is 1. The molecule has 1 N–H and O–H groups in total. The van der Waals surface area contributed by atoms with Crippen LogP contribution in [0.15, 0.2) is 0 Å². The molecule has 0 aliphatic carbocycles. The summed E-state index contributed by atoms with van der Waals surface area (Å²) < 4.78 is 0. The molecule has 13 heavy (non-hydrogen) atoms. The highest BCUT2D eigenvalue weighted by Crippen LogP contribution is 2.11. The highest BCUT2D eigenvalue weighted by Gasteiger charge is 2.16. The Balaban J connectivity index is 2.32. The van der Waals surface area contributed by atoms with E-state index in [2.05, 4.69) is 0 Å². The van der Waals surface area contributed by atoms with Crippen LogP contribution in [0, 0.1) is 0 Å². The summed E-state index contributed by atoms with van der Waals surface area (Å²) in [6.45, 7) is 3.31. The van der Waals surface area contributed by atoms with Crippen molar-refractivity contribution in [3.8, 4) is 0 Å². The minimum atomic E-state index is -0.302. The van der Waals surface area contributed by atoms with Crippen LogP contribution in [-0.2, 0) is 4.79 Å². The molecule has 1 amide bonds. The van der Waals surface area contributed by atoms with E-state index in [0.29, 0.717) is 19.4 Å². The monoisotopic (exact) mass is 203 g/mol. The molecular formula is C9H17NO2S. The van der Waals surface area contributed by atoms with Gasteiger partial charge in [-0.1, -0.05) is 0 Å². The van der Waals surface area contributed by atoms with Gasteiger partial charge >= 0.3 is 0 Å². The predicted octanol–water partition coefficient (Wildman–Crippen LogP) is 0.723. The summed E-state index contributed by atoms with van der Waals surface area (Å²) in [5.41, 5.74) is 0. The van der Waals surface area contributed by atoms with Gasteiger partial charge in [0.25, 0.3) is 0 Å². The maximum absolute atomic E-state index is 11.5. The molecule has 0 aromatic carbocycles. The highest BCUT2D eigenvalue weighted by molar-refractivity contribution is 7.99. The maximum Gasteiger partial charge on any atom is 0.223 e. The van der Waals surface area contributed by atoms with E-state index in [1.54, 1.807) is 6.92 Å². The maximum atomic E-state index is 11.5. The van der Waals surface area contributed by atoms with Gasteiger partial charge in [0.1, 0.15) is 0 Å². The van der Waals surface area contributed by atoms with Crippen molar-refractivity contribution in [3.63, 3.8) is 0 Å². The van der Waals surface area contributed by atoms with E-state index >= 15 is 0 Å². The fraction of sp³-hybridized carbons (Fsp3) is 0.889. The van der Waals surface area contributed by atoms with Gasteiger partial charge in [0.05, 0.1) is 6.10 Å². The molecule has 1 heterocycles. The van der Waals surface area contributed by atoms with Gasteiger partial charge in [0.15, 0.2) is 0 Å². The zero-order valence-corrected chi connectivity index (χ0v) is 8.85. The Morgan fingerprint density at radius 3 is 3.08 bits per heavy atom. The number of carbonyl (C=O) groups excluding carboxylic acids is 1. The van der Waals surface area contributed by atoms with Gasteiger partial charge in [-0.05, 0) is 13.3 Å². The molecule has 0 aromatic rings. The van der Waals surface area contributed by atoms with Gasteiger partial charge in [0, 0.05) is 31.0 Å². The first-order chi connectivity index (χ1) is 6.20.